The van der Waals surface area contributed by atoms with Crippen molar-refractivity contribution in [2.75, 3.05) is 0 Å². The average molecular weight is 199 g/mol. The Morgan fingerprint density at radius 1 is 1.07 bits per heavy atom. The van der Waals surface area contributed by atoms with Gasteiger partial charge in [-0.15, -0.1) is 0 Å². The van der Waals surface area contributed by atoms with Crippen LogP contribution in [0.3, 0.4) is 0 Å². The summed E-state index contributed by atoms with van der Waals surface area (Å²) >= 11 is 0. The summed E-state index contributed by atoms with van der Waals surface area (Å²) in [5, 5.41) is 1.27. The fourth-order valence-corrected chi connectivity index (χ4v) is 1.92. The molecule has 0 saturated carbocycles. The quantitative estimate of drug-likeness (QED) is 0.628. The van der Waals surface area contributed by atoms with E-state index in [0.717, 1.165) is 5.52 Å². The van der Waals surface area contributed by atoms with E-state index in [9.17, 15) is 0 Å². The first-order valence-corrected chi connectivity index (χ1v) is 5.35. The van der Waals surface area contributed by atoms with Crippen LogP contribution in [-0.2, 0) is 5.41 Å². The van der Waals surface area contributed by atoms with Crippen molar-refractivity contribution in [2.45, 2.75) is 33.1 Å². The molecule has 0 spiro atoms. The molecule has 1 aromatic heterocycles. The van der Waals surface area contributed by atoms with Gasteiger partial charge in [0.05, 0.1) is 5.52 Å². The third-order valence-electron chi connectivity index (χ3n) is 2.80. The summed E-state index contributed by atoms with van der Waals surface area (Å²) in [6.45, 7) is 8.82. The Labute approximate surface area is 91.2 Å². The average Bonchev–Trinajstić information content (AvgIpc) is 2.17. The summed E-state index contributed by atoms with van der Waals surface area (Å²) in [5.74, 6) is 0. The first kappa shape index (κ1) is 10.2. The van der Waals surface area contributed by atoms with E-state index in [1.54, 1.807) is 0 Å². The predicted molar refractivity (Wildman–Crippen MR) is 65.2 cm³/mol. The fraction of sp³-hybridized carbons (Fsp3) is 0.357. The summed E-state index contributed by atoms with van der Waals surface area (Å²) < 4.78 is 0. The number of hydrogen-bond acceptors (Lipinski definition) is 1. The number of rotatable bonds is 0. The number of pyridine rings is 1. The van der Waals surface area contributed by atoms with Crippen molar-refractivity contribution in [3.8, 4) is 0 Å². The Hall–Kier alpha value is -1.37. The Morgan fingerprint density at radius 3 is 2.47 bits per heavy atom. The zero-order valence-electron chi connectivity index (χ0n) is 9.83. The molecule has 0 amide bonds. The minimum absolute atomic E-state index is 0.153. The van der Waals surface area contributed by atoms with Gasteiger partial charge in [0.25, 0.3) is 0 Å². The molecule has 0 N–H and O–H groups in total. The van der Waals surface area contributed by atoms with Crippen LogP contribution in [-0.4, -0.2) is 4.98 Å². The lowest BCUT2D eigenvalue weighted by molar-refractivity contribution is 0.594. The molecule has 1 aromatic carbocycles. The van der Waals surface area contributed by atoms with Crippen LogP contribution in [0, 0.1) is 6.92 Å². The molecule has 0 bridgehead atoms. The minimum atomic E-state index is 0.153. The van der Waals surface area contributed by atoms with E-state index in [1.807, 2.05) is 12.3 Å². The first-order valence-electron chi connectivity index (χ1n) is 5.35. The lowest BCUT2D eigenvalue weighted by atomic mass is 9.84. The number of nitrogens with zero attached hydrogens (tertiary/aromatic N) is 1. The third kappa shape index (κ3) is 1.74. The van der Waals surface area contributed by atoms with E-state index >= 15 is 0 Å². The Bertz CT molecular complexity index is 492. The van der Waals surface area contributed by atoms with Gasteiger partial charge in [0.15, 0.2) is 0 Å². The molecule has 0 radical (unpaired) electrons. The van der Waals surface area contributed by atoms with Gasteiger partial charge in [-0.1, -0.05) is 39.0 Å². The van der Waals surface area contributed by atoms with Gasteiger partial charge >= 0.3 is 0 Å². The highest BCUT2D eigenvalue weighted by atomic mass is 14.7. The highest BCUT2D eigenvalue weighted by Gasteiger charge is 2.17. The van der Waals surface area contributed by atoms with E-state index in [4.69, 9.17) is 0 Å². The van der Waals surface area contributed by atoms with Crippen molar-refractivity contribution in [2.24, 2.45) is 0 Å². The van der Waals surface area contributed by atoms with Gasteiger partial charge in [0, 0.05) is 11.6 Å². The van der Waals surface area contributed by atoms with Crippen molar-refractivity contribution < 1.29 is 0 Å². The molecule has 15 heavy (non-hydrogen) atoms. The Morgan fingerprint density at radius 2 is 1.80 bits per heavy atom. The van der Waals surface area contributed by atoms with Gasteiger partial charge < -0.3 is 0 Å². The SMILES string of the molecule is Cc1ccc(C(C)(C)C)c2ncccc12. The highest BCUT2D eigenvalue weighted by molar-refractivity contribution is 5.85. The van der Waals surface area contributed by atoms with E-state index in [0.29, 0.717) is 0 Å². The maximum absolute atomic E-state index is 4.51. The van der Waals surface area contributed by atoms with E-state index in [1.165, 1.54) is 16.5 Å². The molecule has 78 valence electrons. The van der Waals surface area contributed by atoms with Crippen LogP contribution in [0.1, 0.15) is 31.9 Å². The maximum Gasteiger partial charge on any atom is 0.0741 e. The zero-order chi connectivity index (χ0) is 11.1. The molecule has 0 aliphatic heterocycles. The van der Waals surface area contributed by atoms with Crippen molar-refractivity contribution in [1.29, 1.82) is 0 Å². The normalized spacial score (nSPS) is 12.0. The van der Waals surface area contributed by atoms with Crippen molar-refractivity contribution in [1.82, 2.24) is 4.98 Å². The van der Waals surface area contributed by atoms with Gasteiger partial charge in [0.1, 0.15) is 0 Å². The van der Waals surface area contributed by atoms with Crippen LogP contribution < -0.4 is 0 Å². The molecule has 1 heteroatoms. The number of aryl methyl sites for hydroxylation is 1. The molecule has 2 aromatic rings. The van der Waals surface area contributed by atoms with Crippen LogP contribution in [0.2, 0.25) is 0 Å². The summed E-state index contributed by atoms with van der Waals surface area (Å²) in [7, 11) is 0. The van der Waals surface area contributed by atoms with Gasteiger partial charge in [-0.2, -0.15) is 0 Å². The molecular weight excluding hydrogens is 182 g/mol. The summed E-state index contributed by atoms with van der Waals surface area (Å²) in [5.41, 5.74) is 3.92. The van der Waals surface area contributed by atoms with E-state index < -0.39 is 0 Å². The minimum Gasteiger partial charge on any atom is -0.256 e. The summed E-state index contributed by atoms with van der Waals surface area (Å²) in [6.07, 6.45) is 1.87. The van der Waals surface area contributed by atoms with Crippen LogP contribution in [0.15, 0.2) is 30.5 Å². The monoisotopic (exact) mass is 199 g/mol. The van der Waals surface area contributed by atoms with Crippen molar-refractivity contribution in [3.05, 3.63) is 41.6 Å². The highest BCUT2D eigenvalue weighted by Crippen LogP contribution is 2.29. The molecule has 2 rings (SSSR count). The lowest BCUT2D eigenvalue weighted by Crippen LogP contribution is -2.12. The Kier molecular flexibility index (Phi) is 2.26. The third-order valence-corrected chi connectivity index (χ3v) is 2.80. The molecule has 1 heterocycles. The van der Waals surface area contributed by atoms with E-state index in [-0.39, 0.29) is 5.41 Å². The lowest BCUT2D eigenvalue weighted by Gasteiger charge is -2.21. The van der Waals surface area contributed by atoms with Crippen LogP contribution in [0.5, 0.6) is 0 Å². The maximum atomic E-state index is 4.51. The second-order valence-corrected chi connectivity index (χ2v) is 5.08. The van der Waals surface area contributed by atoms with Crippen molar-refractivity contribution in [3.63, 3.8) is 0 Å². The molecule has 0 aliphatic carbocycles. The zero-order valence-corrected chi connectivity index (χ0v) is 9.83. The van der Waals surface area contributed by atoms with Crippen molar-refractivity contribution >= 4 is 10.9 Å². The van der Waals surface area contributed by atoms with Gasteiger partial charge in [-0.05, 0) is 29.5 Å². The molecule has 1 nitrogen and oxygen atoms in total. The first-order chi connectivity index (χ1) is 7.00. The second-order valence-electron chi connectivity index (χ2n) is 5.08. The van der Waals surface area contributed by atoms with Gasteiger partial charge in [0.2, 0.25) is 0 Å². The molecular formula is C14H17N. The van der Waals surface area contributed by atoms with Gasteiger partial charge in [-0.25, -0.2) is 0 Å². The van der Waals surface area contributed by atoms with Gasteiger partial charge in [-0.3, -0.25) is 4.98 Å². The molecule has 0 fully saturated rings. The van der Waals surface area contributed by atoms with E-state index in [2.05, 4.69) is 50.9 Å². The largest absolute Gasteiger partial charge is 0.256 e. The molecule has 0 atom stereocenters. The summed E-state index contributed by atoms with van der Waals surface area (Å²) in [4.78, 5) is 4.51. The van der Waals surface area contributed by atoms with Crippen LogP contribution >= 0.6 is 0 Å². The second kappa shape index (κ2) is 3.34. The standard InChI is InChI=1S/C14H17N/c1-10-7-8-12(14(2,3)4)13-11(10)6-5-9-15-13/h5-9H,1-4H3. The number of hydrogen-bond donors (Lipinski definition) is 0. The fourth-order valence-electron chi connectivity index (χ4n) is 1.92. The number of fused-ring (bicyclic) bond motifs is 1. The molecule has 0 unspecified atom stereocenters. The summed E-state index contributed by atoms with van der Waals surface area (Å²) in [6, 6.07) is 8.53. The number of aromatic nitrogens is 1. The predicted octanol–water partition coefficient (Wildman–Crippen LogP) is 3.84. The number of benzene rings is 1. The van der Waals surface area contributed by atoms with Crippen LogP contribution in [0.25, 0.3) is 10.9 Å². The smallest absolute Gasteiger partial charge is 0.0741 e. The Balaban J connectivity index is 2.84. The molecule has 0 saturated heterocycles. The molecule has 0 aliphatic rings. The van der Waals surface area contributed by atoms with Crippen LogP contribution in [0.4, 0.5) is 0 Å². The topological polar surface area (TPSA) is 12.9 Å².